The van der Waals surface area contributed by atoms with E-state index in [1.54, 1.807) is 24.3 Å². The SMILES string of the molecule is CC(C)(C)C(O)CNC(=O)Cc1ccccc1O. The van der Waals surface area contributed by atoms with Gasteiger partial charge < -0.3 is 15.5 Å². The van der Waals surface area contributed by atoms with Gasteiger partial charge >= 0.3 is 0 Å². The van der Waals surface area contributed by atoms with Gasteiger partial charge in [0, 0.05) is 12.1 Å². The normalized spacial score (nSPS) is 13.1. The number of nitrogens with one attached hydrogen (secondary N) is 1. The number of phenolic OH excluding ortho intramolecular Hbond substituents is 1. The number of benzene rings is 1. The fourth-order valence-electron chi connectivity index (χ4n) is 1.41. The maximum absolute atomic E-state index is 11.7. The first-order valence-corrected chi connectivity index (χ1v) is 6.02. The molecule has 1 atom stereocenters. The van der Waals surface area contributed by atoms with Crippen LogP contribution in [0.3, 0.4) is 0 Å². The second-order valence-corrected chi connectivity index (χ2v) is 5.49. The molecule has 4 nitrogen and oxygen atoms in total. The molecule has 4 heteroatoms. The van der Waals surface area contributed by atoms with Crippen LogP contribution < -0.4 is 5.32 Å². The van der Waals surface area contributed by atoms with Crippen LogP contribution in [0.15, 0.2) is 24.3 Å². The highest BCUT2D eigenvalue weighted by Gasteiger charge is 2.22. The van der Waals surface area contributed by atoms with E-state index in [2.05, 4.69) is 5.32 Å². The highest BCUT2D eigenvalue weighted by molar-refractivity contribution is 5.79. The Kier molecular flexibility index (Phi) is 4.73. The average molecular weight is 251 g/mol. The molecule has 0 saturated heterocycles. The monoisotopic (exact) mass is 251 g/mol. The Morgan fingerprint density at radius 3 is 2.50 bits per heavy atom. The van der Waals surface area contributed by atoms with E-state index in [9.17, 15) is 15.0 Å². The third-order valence-electron chi connectivity index (χ3n) is 2.83. The molecule has 0 spiro atoms. The van der Waals surface area contributed by atoms with Crippen LogP contribution in [-0.2, 0) is 11.2 Å². The Labute approximate surface area is 108 Å². The smallest absolute Gasteiger partial charge is 0.224 e. The minimum Gasteiger partial charge on any atom is -0.508 e. The lowest BCUT2D eigenvalue weighted by molar-refractivity contribution is -0.121. The van der Waals surface area contributed by atoms with Gasteiger partial charge in [-0.15, -0.1) is 0 Å². The van der Waals surface area contributed by atoms with Crippen molar-refractivity contribution in [1.82, 2.24) is 5.32 Å². The lowest BCUT2D eigenvalue weighted by Gasteiger charge is -2.25. The van der Waals surface area contributed by atoms with Gasteiger partial charge in [0.1, 0.15) is 5.75 Å². The van der Waals surface area contributed by atoms with Crippen molar-refractivity contribution in [3.63, 3.8) is 0 Å². The third kappa shape index (κ3) is 4.37. The molecule has 1 rings (SSSR count). The molecule has 1 aromatic carbocycles. The first-order valence-electron chi connectivity index (χ1n) is 6.02. The topological polar surface area (TPSA) is 69.6 Å². The molecule has 0 saturated carbocycles. The summed E-state index contributed by atoms with van der Waals surface area (Å²) in [4.78, 5) is 11.7. The predicted molar refractivity (Wildman–Crippen MR) is 70.3 cm³/mol. The first-order chi connectivity index (χ1) is 8.30. The van der Waals surface area contributed by atoms with E-state index in [-0.39, 0.29) is 30.0 Å². The molecular formula is C14H21NO3. The second-order valence-electron chi connectivity index (χ2n) is 5.49. The molecular weight excluding hydrogens is 230 g/mol. The Morgan fingerprint density at radius 2 is 1.94 bits per heavy atom. The van der Waals surface area contributed by atoms with Crippen LogP contribution in [0.5, 0.6) is 5.75 Å². The Hall–Kier alpha value is -1.55. The molecule has 0 radical (unpaired) electrons. The van der Waals surface area contributed by atoms with E-state index >= 15 is 0 Å². The number of aliphatic hydroxyl groups excluding tert-OH is 1. The maximum Gasteiger partial charge on any atom is 0.224 e. The lowest BCUT2D eigenvalue weighted by Crippen LogP contribution is -2.39. The lowest BCUT2D eigenvalue weighted by atomic mass is 9.89. The largest absolute Gasteiger partial charge is 0.508 e. The molecule has 0 heterocycles. The number of phenols is 1. The van der Waals surface area contributed by atoms with Gasteiger partial charge in [0.25, 0.3) is 0 Å². The van der Waals surface area contributed by atoms with Gasteiger partial charge in [0.05, 0.1) is 12.5 Å². The molecule has 1 aromatic rings. The summed E-state index contributed by atoms with van der Waals surface area (Å²) in [5, 5.41) is 22.0. The van der Waals surface area contributed by atoms with Crippen molar-refractivity contribution in [2.24, 2.45) is 5.41 Å². The van der Waals surface area contributed by atoms with Crippen molar-refractivity contribution < 1.29 is 15.0 Å². The minimum absolute atomic E-state index is 0.115. The summed E-state index contributed by atoms with van der Waals surface area (Å²) in [6, 6.07) is 6.73. The van der Waals surface area contributed by atoms with Crippen molar-refractivity contribution in [3.8, 4) is 5.75 Å². The van der Waals surface area contributed by atoms with Gasteiger partial charge in [-0.05, 0) is 11.5 Å². The van der Waals surface area contributed by atoms with E-state index in [1.165, 1.54) is 0 Å². The number of aromatic hydroxyl groups is 1. The number of para-hydroxylation sites is 1. The summed E-state index contributed by atoms with van der Waals surface area (Å²) in [5.74, 6) is -0.0937. The highest BCUT2D eigenvalue weighted by atomic mass is 16.3. The molecule has 0 aliphatic carbocycles. The summed E-state index contributed by atoms with van der Waals surface area (Å²) in [7, 11) is 0. The minimum atomic E-state index is -0.592. The summed E-state index contributed by atoms with van der Waals surface area (Å²) in [5.41, 5.74) is 0.322. The molecule has 0 aliphatic heterocycles. The Balaban J connectivity index is 2.46. The van der Waals surface area contributed by atoms with E-state index in [0.29, 0.717) is 5.56 Å². The van der Waals surface area contributed by atoms with Gasteiger partial charge in [0.15, 0.2) is 0 Å². The summed E-state index contributed by atoms with van der Waals surface area (Å²) >= 11 is 0. The van der Waals surface area contributed by atoms with Crippen LogP contribution in [0, 0.1) is 5.41 Å². The number of hydrogen-bond acceptors (Lipinski definition) is 3. The molecule has 0 aromatic heterocycles. The van der Waals surface area contributed by atoms with Gasteiger partial charge in [-0.3, -0.25) is 4.79 Å². The average Bonchev–Trinajstić information content (AvgIpc) is 2.27. The molecule has 100 valence electrons. The van der Waals surface area contributed by atoms with Crippen LogP contribution in [0.1, 0.15) is 26.3 Å². The van der Waals surface area contributed by atoms with Crippen LogP contribution in [0.4, 0.5) is 0 Å². The van der Waals surface area contributed by atoms with E-state index in [0.717, 1.165) is 0 Å². The van der Waals surface area contributed by atoms with Crippen LogP contribution in [0.25, 0.3) is 0 Å². The van der Waals surface area contributed by atoms with Crippen LogP contribution in [-0.4, -0.2) is 28.8 Å². The number of aliphatic hydroxyl groups is 1. The predicted octanol–water partition coefficient (Wildman–Crippen LogP) is 1.46. The number of rotatable bonds is 4. The summed E-state index contributed by atoms with van der Waals surface area (Å²) in [6.07, 6.45) is -0.477. The number of carbonyl (C=O) groups excluding carboxylic acids is 1. The van der Waals surface area contributed by atoms with Gasteiger partial charge in [-0.2, -0.15) is 0 Å². The van der Waals surface area contributed by atoms with Crippen molar-refractivity contribution >= 4 is 5.91 Å². The number of amides is 1. The summed E-state index contributed by atoms with van der Waals surface area (Å²) in [6.45, 7) is 5.95. The van der Waals surface area contributed by atoms with E-state index in [4.69, 9.17) is 0 Å². The summed E-state index contributed by atoms with van der Waals surface area (Å²) < 4.78 is 0. The molecule has 18 heavy (non-hydrogen) atoms. The third-order valence-corrected chi connectivity index (χ3v) is 2.83. The standard InChI is InChI=1S/C14H21NO3/c1-14(2,3)12(17)9-15-13(18)8-10-6-4-5-7-11(10)16/h4-7,12,16-17H,8-9H2,1-3H3,(H,15,18). The zero-order valence-electron chi connectivity index (χ0n) is 11.1. The first kappa shape index (κ1) is 14.5. The molecule has 0 bridgehead atoms. The fourth-order valence-corrected chi connectivity index (χ4v) is 1.41. The van der Waals surface area contributed by atoms with E-state index < -0.39 is 6.10 Å². The number of carbonyl (C=O) groups is 1. The molecule has 0 aliphatic rings. The van der Waals surface area contributed by atoms with Crippen LogP contribution in [0.2, 0.25) is 0 Å². The van der Waals surface area contributed by atoms with Gasteiger partial charge in [-0.25, -0.2) is 0 Å². The maximum atomic E-state index is 11.7. The Bertz CT molecular complexity index is 410. The zero-order valence-corrected chi connectivity index (χ0v) is 11.1. The number of hydrogen-bond donors (Lipinski definition) is 3. The van der Waals surface area contributed by atoms with Crippen molar-refractivity contribution in [3.05, 3.63) is 29.8 Å². The molecule has 3 N–H and O–H groups in total. The van der Waals surface area contributed by atoms with Gasteiger partial charge in [0.2, 0.25) is 5.91 Å². The molecule has 0 fully saturated rings. The Morgan fingerprint density at radius 1 is 1.33 bits per heavy atom. The molecule has 1 unspecified atom stereocenters. The van der Waals surface area contributed by atoms with E-state index in [1.807, 2.05) is 20.8 Å². The molecule has 1 amide bonds. The quantitative estimate of drug-likeness (QED) is 0.758. The zero-order chi connectivity index (χ0) is 13.8. The van der Waals surface area contributed by atoms with Crippen LogP contribution >= 0.6 is 0 Å². The van der Waals surface area contributed by atoms with Gasteiger partial charge in [-0.1, -0.05) is 39.0 Å². The van der Waals surface area contributed by atoms with Crippen molar-refractivity contribution in [1.29, 1.82) is 0 Å². The van der Waals surface area contributed by atoms with Crippen molar-refractivity contribution in [2.75, 3.05) is 6.54 Å². The second kappa shape index (κ2) is 5.87. The van der Waals surface area contributed by atoms with Crippen molar-refractivity contribution in [2.45, 2.75) is 33.3 Å². The fraction of sp³-hybridized carbons (Fsp3) is 0.500. The highest BCUT2D eigenvalue weighted by Crippen LogP contribution is 2.18.